The van der Waals surface area contributed by atoms with Gasteiger partial charge in [-0.25, -0.2) is 0 Å². The lowest BCUT2D eigenvalue weighted by Gasteiger charge is -2.20. The van der Waals surface area contributed by atoms with Gasteiger partial charge in [0.25, 0.3) is 0 Å². The number of nitrogens with one attached hydrogen (secondary N) is 2. The Labute approximate surface area is 154 Å². The van der Waals surface area contributed by atoms with E-state index in [2.05, 4.69) is 29.4 Å². The van der Waals surface area contributed by atoms with Gasteiger partial charge in [0.2, 0.25) is 5.91 Å². The van der Waals surface area contributed by atoms with Crippen molar-refractivity contribution in [2.75, 3.05) is 31.5 Å². The van der Waals surface area contributed by atoms with E-state index in [4.69, 9.17) is 0 Å². The molecule has 6 heteroatoms. The lowest BCUT2D eigenvalue weighted by Crippen LogP contribution is -2.43. The molecule has 0 saturated carbocycles. The highest BCUT2D eigenvalue weighted by molar-refractivity contribution is 6.03. The smallest absolute Gasteiger partial charge is 0.321 e. The summed E-state index contributed by atoms with van der Waals surface area (Å²) >= 11 is 0. The first-order valence-corrected chi connectivity index (χ1v) is 9.01. The van der Waals surface area contributed by atoms with E-state index in [0.29, 0.717) is 12.2 Å². The minimum absolute atomic E-state index is 0.114. The van der Waals surface area contributed by atoms with Crippen LogP contribution in [0, 0.1) is 0 Å². The maximum absolute atomic E-state index is 12.4. The zero-order valence-electron chi connectivity index (χ0n) is 15.4. The third-order valence-corrected chi connectivity index (χ3v) is 4.46. The molecule has 1 atom stereocenters. The van der Waals surface area contributed by atoms with Crippen molar-refractivity contribution in [3.63, 3.8) is 0 Å². The minimum Gasteiger partial charge on any atom is -0.480 e. The maximum atomic E-state index is 12.4. The van der Waals surface area contributed by atoms with Gasteiger partial charge in [-0.3, -0.25) is 9.59 Å². The number of rotatable bonds is 10. The van der Waals surface area contributed by atoms with Crippen LogP contribution in [0.5, 0.6) is 0 Å². The van der Waals surface area contributed by atoms with Gasteiger partial charge in [-0.05, 0) is 24.5 Å². The molecule has 0 heterocycles. The maximum Gasteiger partial charge on any atom is 0.321 e. The molecule has 0 spiro atoms. The van der Waals surface area contributed by atoms with Crippen LogP contribution in [0.3, 0.4) is 0 Å². The van der Waals surface area contributed by atoms with Crippen LogP contribution < -0.4 is 10.6 Å². The molecule has 0 fully saturated rings. The number of fused-ring (bicyclic) bond motifs is 1. The van der Waals surface area contributed by atoms with Crippen LogP contribution in [0.2, 0.25) is 0 Å². The van der Waals surface area contributed by atoms with E-state index < -0.39 is 12.0 Å². The van der Waals surface area contributed by atoms with Crippen molar-refractivity contribution in [3.8, 4) is 0 Å². The van der Waals surface area contributed by atoms with E-state index in [1.807, 2.05) is 42.5 Å². The highest BCUT2D eigenvalue weighted by atomic mass is 16.4. The van der Waals surface area contributed by atoms with Gasteiger partial charge in [-0.15, -0.1) is 0 Å². The monoisotopic (exact) mass is 357 g/mol. The van der Waals surface area contributed by atoms with Gasteiger partial charge in [0.1, 0.15) is 6.04 Å². The normalized spacial score (nSPS) is 12.3. The van der Waals surface area contributed by atoms with Crippen LogP contribution in [-0.2, 0) is 9.59 Å². The van der Waals surface area contributed by atoms with E-state index in [9.17, 15) is 14.7 Å². The predicted molar refractivity (Wildman–Crippen MR) is 104 cm³/mol. The van der Waals surface area contributed by atoms with Gasteiger partial charge in [0.15, 0.2) is 0 Å². The third-order valence-electron chi connectivity index (χ3n) is 4.46. The number of benzene rings is 2. The number of anilines is 1. The standard InChI is InChI=1S/C20H27N3O3/c1-3-23(4-2)13-12-21-18(20(25)26)14-19(24)22-17-11-7-9-15-8-5-6-10-16(15)17/h5-11,18,21H,3-4,12-14H2,1-2H3,(H,22,24)(H,25,26)/t18-/m1/s1. The summed E-state index contributed by atoms with van der Waals surface area (Å²) in [6.45, 7) is 7.24. The molecule has 0 saturated heterocycles. The molecule has 0 radical (unpaired) electrons. The number of likely N-dealkylation sites (N-methyl/N-ethyl adjacent to an activating group) is 1. The number of hydrogen-bond acceptors (Lipinski definition) is 4. The molecule has 0 aliphatic heterocycles. The number of carboxylic acids is 1. The van der Waals surface area contributed by atoms with E-state index in [0.717, 1.165) is 30.4 Å². The molecule has 140 valence electrons. The van der Waals surface area contributed by atoms with E-state index in [1.165, 1.54) is 0 Å². The number of nitrogens with zero attached hydrogens (tertiary/aromatic N) is 1. The van der Waals surface area contributed by atoms with E-state index in [1.54, 1.807) is 0 Å². The lowest BCUT2D eigenvalue weighted by molar-refractivity contribution is -0.141. The molecule has 3 N–H and O–H groups in total. The van der Waals surface area contributed by atoms with Crippen molar-refractivity contribution >= 4 is 28.3 Å². The first-order chi connectivity index (χ1) is 12.5. The van der Waals surface area contributed by atoms with Gasteiger partial charge in [0, 0.05) is 24.2 Å². The van der Waals surface area contributed by atoms with Gasteiger partial charge in [-0.2, -0.15) is 0 Å². The Balaban J connectivity index is 1.95. The third kappa shape index (κ3) is 5.54. The number of carbonyl (C=O) groups is 2. The van der Waals surface area contributed by atoms with Crippen LogP contribution in [0.4, 0.5) is 5.69 Å². The van der Waals surface area contributed by atoms with E-state index >= 15 is 0 Å². The molecule has 26 heavy (non-hydrogen) atoms. The number of hydrogen-bond donors (Lipinski definition) is 3. The summed E-state index contributed by atoms with van der Waals surface area (Å²) in [4.78, 5) is 26.0. The summed E-state index contributed by atoms with van der Waals surface area (Å²) in [6, 6.07) is 12.5. The number of amides is 1. The average molecular weight is 357 g/mol. The minimum atomic E-state index is -1.02. The Morgan fingerprint density at radius 1 is 1.08 bits per heavy atom. The Kier molecular flexibility index (Phi) is 7.56. The summed E-state index contributed by atoms with van der Waals surface area (Å²) in [5.74, 6) is -1.33. The number of carbonyl (C=O) groups excluding carboxylic acids is 1. The van der Waals surface area contributed by atoms with Crippen LogP contribution in [0.25, 0.3) is 10.8 Å². The number of aliphatic carboxylic acids is 1. The first kappa shape index (κ1) is 19.9. The highest BCUT2D eigenvalue weighted by Crippen LogP contribution is 2.23. The summed E-state index contributed by atoms with van der Waals surface area (Å²) in [7, 11) is 0. The molecule has 0 aromatic heterocycles. The second-order valence-electron chi connectivity index (χ2n) is 6.15. The molecule has 0 aliphatic carbocycles. The van der Waals surface area contributed by atoms with Gasteiger partial charge in [-0.1, -0.05) is 50.2 Å². The van der Waals surface area contributed by atoms with Crippen molar-refractivity contribution in [3.05, 3.63) is 42.5 Å². The van der Waals surface area contributed by atoms with Crippen LogP contribution in [0.15, 0.2) is 42.5 Å². The summed E-state index contributed by atoms with van der Waals surface area (Å²) in [5, 5.41) is 17.2. The van der Waals surface area contributed by atoms with Crippen molar-refractivity contribution in [2.24, 2.45) is 0 Å². The molecule has 2 aromatic rings. The quantitative estimate of drug-likeness (QED) is 0.609. The molecular formula is C20H27N3O3. The SMILES string of the molecule is CCN(CC)CCN[C@H](CC(=O)Nc1cccc2ccccc12)C(=O)O. The summed E-state index contributed by atoms with van der Waals surface area (Å²) < 4.78 is 0. The Morgan fingerprint density at radius 2 is 1.77 bits per heavy atom. The Hall–Kier alpha value is -2.44. The molecule has 2 aromatic carbocycles. The van der Waals surface area contributed by atoms with Crippen LogP contribution in [-0.4, -0.2) is 54.1 Å². The zero-order valence-corrected chi connectivity index (χ0v) is 15.4. The lowest BCUT2D eigenvalue weighted by atomic mass is 10.1. The molecule has 2 rings (SSSR count). The first-order valence-electron chi connectivity index (χ1n) is 9.01. The van der Waals surface area contributed by atoms with Crippen molar-refractivity contribution in [1.82, 2.24) is 10.2 Å². The van der Waals surface area contributed by atoms with E-state index in [-0.39, 0.29) is 12.3 Å². The summed E-state index contributed by atoms with van der Waals surface area (Å²) in [5.41, 5.74) is 0.695. The fourth-order valence-electron chi connectivity index (χ4n) is 2.90. The van der Waals surface area contributed by atoms with Gasteiger partial charge in [0.05, 0.1) is 6.42 Å². The molecule has 0 aliphatic rings. The molecule has 1 amide bonds. The van der Waals surface area contributed by atoms with Crippen LogP contribution >= 0.6 is 0 Å². The fraction of sp³-hybridized carbons (Fsp3) is 0.400. The zero-order chi connectivity index (χ0) is 18.9. The summed E-state index contributed by atoms with van der Waals surface area (Å²) in [6.07, 6.45) is -0.114. The topological polar surface area (TPSA) is 81.7 Å². The fourth-order valence-corrected chi connectivity index (χ4v) is 2.90. The predicted octanol–water partition coefficient (Wildman–Crippen LogP) is 2.55. The molecule has 0 unspecified atom stereocenters. The Bertz CT molecular complexity index is 739. The molecule has 0 bridgehead atoms. The van der Waals surface area contributed by atoms with Crippen molar-refractivity contribution in [2.45, 2.75) is 26.3 Å². The second-order valence-corrected chi connectivity index (χ2v) is 6.15. The van der Waals surface area contributed by atoms with Crippen LogP contribution in [0.1, 0.15) is 20.3 Å². The molecular weight excluding hydrogens is 330 g/mol. The Morgan fingerprint density at radius 3 is 2.46 bits per heavy atom. The van der Waals surface area contributed by atoms with Gasteiger partial charge >= 0.3 is 5.97 Å². The van der Waals surface area contributed by atoms with Gasteiger partial charge < -0.3 is 20.6 Å². The van der Waals surface area contributed by atoms with Crippen molar-refractivity contribution < 1.29 is 14.7 Å². The van der Waals surface area contributed by atoms with Crippen molar-refractivity contribution in [1.29, 1.82) is 0 Å². The number of carboxylic acid groups (broad SMARTS) is 1. The highest BCUT2D eigenvalue weighted by Gasteiger charge is 2.21. The largest absolute Gasteiger partial charge is 0.480 e. The second kappa shape index (κ2) is 9.89. The average Bonchev–Trinajstić information content (AvgIpc) is 2.64. The molecule has 6 nitrogen and oxygen atoms in total.